The van der Waals surface area contributed by atoms with Crippen LogP contribution in [0.1, 0.15) is 44.0 Å². The van der Waals surface area contributed by atoms with Gasteiger partial charge >= 0.3 is 0 Å². The van der Waals surface area contributed by atoms with Gasteiger partial charge in [0.25, 0.3) is 0 Å². The first kappa shape index (κ1) is 12.5. The van der Waals surface area contributed by atoms with Gasteiger partial charge in [-0.05, 0) is 43.9 Å². The normalized spacial score (nSPS) is 21.3. The van der Waals surface area contributed by atoms with Gasteiger partial charge in [0.2, 0.25) is 0 Å². The highest BCUT2D eigenvalue weighted by Gasteiger charge is 2.44. The Bertz CT molecular complexity index is 444. The second kappa shape index (κ2) is 4.53. The third-order valence-electron chi connectivity index (χ3n) is 4.35. The SMILES string of the molecule is CCc1nn(C)c(CC2(CNC3CC3)CC2)c1Cl. The summed E-state index contributed by atoms with van der Waals surface area (Å²) in [6, 6.07) is 0.802. The van der Waals surface area contributed by atoms with E-state index < -0.39 is 0 Å². The molecule has 1 aromatic rings. The van der Waals surface area contributed by atoms with Gasteiger partial charge in [-0.15, -0.1) is 0 Å². The van der Waals surface area contributed by atoms with Gasteiger partial charge in [-0.3, -0.25) is 4.68 Å². The highest BCUT2D eigenvalue weighted by Crippen LogP contribution is 2.49. The van der Waals surface area contributed by atoms with E-state index in [9.17, 15) is 0 Å². The number of rotatable bonds is 6. The lowest BCUT2D eigenvalue weighted by Crippen LogP contribution is -2.27. The molecule has 0 aromatic carbocycles. The molecule has 0 unspecified atom stereocenters. The molecule has 0 bridgehead atoms. The van der Waals surface area contributed by atoms with Gasteiger partial charge in [-0.25, -0.2) is 0 Å². The van der Waals surface area contributed by atoms with E-state index >= 15 is 0 Å². The first-order valence-corrected chi connectivity index (χ1v) is 7.45. The summed E-state index contributed by atoms with van der Waals surface area (Å²) in [5.74, 6) is 0. The van der Waals surface area contributed by atoms with E-state index in [1.165, 1.54) is 31.4 Å². The van der Waals surface area contributed by atoms with E-state index in [1.54, 1.807) is 0 Å². The standard InChI is InChI=1S/C14H22ClN3/c1-3-11-13(15)12(18(2)17-11)8-14(6-7-14)9-16-10-4-5-10/h10,16H,3-9H2,1-2H3. The molecule has 2 fully saturated rings. The van der Waals surface area contributed by atoms with Gasteiger partial charge < -0.3 is 5.32 Å². The van der Waals surface area contributed by atoms with Crippen molar-refractivity contribution in [2.45, 2.75) is 51.5 Å². The molecule has 0 aliphatic heterocycles. The molecule has 100 valence electrons. The molecule has 1 N–H and O–H groups in total. The van der Waals surface area contributed by atoms with Crippen LogP contribution < -0.4 is 5.32 Å². The molecule has 1 heterocycles. The average molecular weight is 268 g/mol. The van der Waals surface area contributed by atoms with Crippen LogP contribution >= 0.6 is 11.6 Å². The van der Waals surface area contributed by atoms with E-state index in [2.05, 4.69) is 17.3 Å². The van der Waals surface area contributed by atoms with Crippen molar-refractivity contribution in [3.63, 3.8) is 0 Å². The molecule has 3 nitrogen and oxygen atoms in total. The van der Waals surface area contributed by atoms with Crippen LogP contribution in [0.25, 0.3) is 0 Å². The highest BCUT2D eigenvalue weighted by atomic mass is 35.5. The summed E-state index contributed by atoms with van der Waals surface area (Å²) in [4.78, 5) is 0. The van der Waals surface area contributed by atoms with Crippen LogP contribution in [0.3, 0.4) is 0 Å². The molecule has 0 atom stereocenters. The molecular formula is C14H22ClN3. The lowest BCUT2D eigenvalue weighted by Gasteiger charge is -2.16. The van der Waals surface area contributed by atoms with Crippen LogP contribution in [0, 0.1) is 5.41 Å². The summed E-state index contributed by atoms with van der Waals surface area (Å²) in [6.45, 7) is 3.26. The molecule has 4 heteroatoms. The van der Waals surface area contributed by atoms with Gasteiger partial charge in [0.1, 0.15) is 0 Å². The Morgan fingerprint density at radius 1 is 1.44 bits per heavy atom. The van der Waals surface area contributed by atoms with Crippen LogP contribution in [-0.4, -0.2) is 22.4 Å². The summed E-state index contributed by atoms with van der Waals surface area (Å²) >= 11 is 6.43. The third-order valence-corrected chi connectivity index (χ3v) is 4.78. The Balaban J connectivity index is 1.69. The fraction of sp³-hybridized carbons (Fsp3) is 0.786. The van der Waals surface area contributed by atoms with Gasteiger partial charge in [-0.1, -0.05) is 18.5 Å². The lowest BCUT2D eigenvalue weighted by atomic mass is 9.99. The van der Waals surface area contributed by atoms with Crippen molar-refractivity contribution in [1.29, 1.82) is 0 Å². The second-order valence-electron chi connectivity index (χ2n) is 6.02. The second-order valence-corrected chi connectivity index (χ2v) is 6.39. The molecule has 1 aromatic heterocycles. The van der Waals surface area contributed by atoms with Crippen molar-refractivity contribution < 1.29 is 0 Å². The van der Waals surface area contributed by atoms with Crippen molar-refractivity contribution >= 4 is 11.6 Å². The number of aromatic nitrogens is 2. The van der Waals surface area contributed by atoms with E-state index in [4.69, 9.17) is 11.6 Å². The quantitative estimate of drug-likeness (QED) is 0.859. The minimum absolute atomic E-state index is 0.463. The maximum absolute atomic E-state index is 6.43. The number of nitrogens with one attached hydrogen (secondary N) is 1. The predicted molar refractivity (Wildman–Crippen MR) is 74.0 cm³/mol. The number of hydrogen-bond donors (Lipinski definition) is 1. The average Bonchev–Trinajstić information content (AvgIpc) is 3.24. The summed E-state index contributed by atoms with van der Waals surface area (Å²) in [6.07, 6.45) is 7.38. The Hall–Kier alpha value is -0.540. The molecular weight excluding hydrogens is 246 g/mol. The van der Waals surface area contributed by atoms with Crippen molar-refractivity contribution in [1.82, 2.24) is 15.1 Å². The fourth-order valence-electron chi connectivity index (χ4n) is 2.61. The third kappa shape index (κ3) is 2.43. The van der Waals surface area contributed by atoms with E-state index in [1.807, 2.05) is 11.7 Å². The van der Waals surface area contributed by atoms with Gasteiger partial charge in [0, 0.05) is 19.6 Å². The Labute approximate surface area is 114 Å². The molecule has 0 saturated heterocycles. The minimum Gasteiger partial charge on any atom is -0.313 e. The molecule has 0 spiro atoms. The molecule has 18 heavy (non-hydrogen) atoms. The lowest BCUT2D eigenvalue weighted by molar-refractivity contribution is 0.440. The van der Waals surface area contributed by atoms with Crippen molar-refractivity contribution in [2.75, 3.05) is 6.54 Å². The maximum atomic E-state index is 6.43. The smallest absolute Gasteiger partial charge is 0.0849 e. The minimum atomic E-state index is 0.463. The fourth-order valence-corrected chi connectivity index (χ4v) is 2.97. The van der Waals surface area contributed by atoms with Gasteiger partial charge in [0.05, 0.1) is 16.4 Å². The van der Waals surface area contributed by atoms with Crippen LogP contribution in [0.15, 0.2) is 0 Å². The number of halogens is 1. The Morgan fingerprint density at radius 2 is 2.17 bits per heavy atom. The monoisotopic (exact) mass is 267 g/mol. The van der Waals surface area contributed by atoms with Gasteiger partial charge in [0.15, 0.2) is 0 Å². The van der Waals surface area contributed by atoms with Crippen LogP contribution in [0.4, 0.5) is 0 Å². The van der Waals surface area contributed by atoms with Crippen LogP contribution in [-0.2, 0) is 19.9 Å². The number of nitrogens with zero attached hydrogens (tertiary/aromatic N) is 2. The zero-order chi connectivity index (χ0) is 12.8. The van der Waals surface area contributed by atoms with Gasteiger partial charge in [-0.2, -0.15) is 5.10 Å². The van der Waals surface area contributed by atoms with Crippen molar-refractivity contribution in [3.8, 4) is 0 Å². The molecule has 2 aliphatic rings. The summed E-state index contributed by atoms with van der Waals surface area (Å²) in [5.41, 5.74) is 2.73. The molecule has 3 rings (SSSR count). The van der Waals surface area contributed by atoms with Crippen molar-refractivity contribution in [2.24, 2.45) is 12.5 Å². The van der Waals surface area contributed by atoms with Crippen LogP contribution in [0.5, 0.6) is 0 Å². The number of hydrogen-bond acceptors (Lipinski definition) is 2. The summed E-state index contributed by atoms with van der Waals surface area (Å²) in [5, 5.41) is 9.08. The Kier molecular flexibility index (Phi) is 3.15. The van der Waals surface area contributed by atoms with E-state index in [-0.39, 0.29) is 0 Å². The predicted octanol–water partition coefficient (Wildman–Crippen LogP) is 2.71. The van der Waals surface area contributed by atoms with Crippen molar-refractivity contribution in [3.05, 3.63) is 16.4 Å². The zero-order valence-electron chi connectivity index (χ0n) is 11.3. The Morgan fingerprint density at radius 3 is 2.67 bits per heavy atom. The maximum Gasteiger partial charge on any atom is 0.0849 e. The van der Waals surface area contributed by atoms with E-state index in [0.29, 0.717) is 5.41 Å². The topological polar surface area (TPSA) is 29.9 Å². The molecule has 0 amide bonds. The summed E-state index contributed by atoms with van der Waals surface area (Å²) in [7, 11) is 2.02. The van der Waals surface area contributed by atoms with E-state index in [0.717, 1.165) is 36.1 Å². The molecule has 2 saturated carbocycles. The molecule has 2 aliphatic carbocycles. The molecule has 0 radical (unpaired) electrons. The largest absolute Gasteiger partial charge is 0.313 e. The highest BCUT2D eigenvalue weighted by molar-refractivity contribution is 6.31. The summed E-state index contributed by atoms with van der Waals surface area (Å²) < 4.78 is 1.98. The zero-order valence-corrected chi connectivity index (χ0v) is 12.1. The van der Waals surface area contributed by atoms with Crippen LogP contribution in [0.2, 0.25) is 5.02 Å². The number of aryl methyl sites for hydroxylation is 2. The first-order chi connectivity index (χ1) is 8.63. The first-order valence-electron chi connectivity index (χ1n) is 7.07.